The molecule has 1 atom stereocenters. The van der Waals surface area contributed by atoms with Crippen LogP contribution in [0.5, 0.6) is 0 Å². The number of aliphatic hydroxyl groups is 1. The number of carbonyl (C=O) groups is 3. The van der Waals surface area contributed by atoms with Crippen molar-refractivity contribution in [2.45, 2.75) is 19.4 Å². The molecular formula is C11H13NO5S. The van der Waals surface area contributed by atoms with Gasteiger partial charge in [0.25, 0.3) is 5.91 Å². The van der Waals surface area contributed by atoms with Crippen molar-refractivity contribution in [3.63, 3.8) is 0 Å². The first kappa shape index (κ1) is 14.3. The summed E-state index contributed by atoms with van der Waals surface area (Å²) in [6.45, 7) is 2.07. The van der Waals surface area contributed by atoms with Gasteiger partial charge < -0.3 is 15.5 Å². The molecule has 0 aliphatic rings. The highest BCUT2D eigenvalue weighted by atomic mass is 32.1. The lowest BCUT2D eigenvalue weighted by molar-refractivity contribution is -0.155. The summed E-state index contributed by atoms with van der Waals surface area (Å²) in [7, 11) is 0. The number of hydrogen-bond donors (Lipinski definition) is 3. The van der Waals surface area contributed by atoms with Gasteiger partial charge in [-0.05, 0) is 26.0 Å². The van der Waals surface area contributed by atoms with Crippen LogP contribution < -0.4 is 5.32 Å². The molecule has 0 bridgehead atoms. The Labute approximate surface area is 107 Å². The van der Waals surface area contributed by atoms with E-state index in [2.05, 4.69) is 5.32 Å². The number of thiophene rings is 1. The van der Waals surface area contributed by atoms with Crippen LogP contribution in [-0.4, -0.2) is 40.0 Å². The summed E-state index contributed by atoms with van der Waals surface area (Å²) >= 11 is 1.02. The number of ketones is 1. The van der Waals surface area contributed by atoms with Crippen molar-refractivity contribution >= 4 is 29.0 Å². The summed E-state index contributed by atoms with van der Waals surface area (Å²) < 4.78 is 0. The largest absolute Gasteiger partial charge is 0.479 e. The molecule has 1 heterocycles. The number of aliphatic carboxylic acids is 1. The molecule has 0 fully saturated rings. The van der Waals surface area contributed by atoms with Gasteiger partial charge in [-0.3, -0.25) is 9.59 Å². The number of rotatable bonds is 5. The summed E-state index contributed by atoms with van der Waals surface area (Å²) in [5.74, 6) is -2.08. The molecule has 0 saturated heterocycles. The lowest BCUT2D eigenvalue weighted by atomic mass is 10.1. The summed E-state index contributed by atoms with van der Waals surface area (Å²) in [6.07, 6.45) is 0. The quantitative estimate of drug-likeness (QED) is 0.677. The SMILES string of the molecule is CC(=O)c1ccc(C(=O)NCC(C)(O)C(=O)O)s1. The summed E-state index contributed by atoms with van der Waals surface area (Å²) in [5, 5.41) is 20.4. The summed E-state index contributed by atoms with van der Waals surface area (Å²) in [6, 6.07) is 3.00. The molecule has 1 unspecified atom stereocenters. The molecule has 0 aromatic carbocycles. The molecule has 0 spiro atoms. The van der Waals surface area contributed by atoms with Gasteiger partial charge >= 0.3 is 5.97 Å². The van der Waals surface area contributed by atoms with Crippen LogP contribution in [0.1, 0.15) is 33.2 Å². The van der Waals surface area contributed by atoms with Gasteiger partial charge in [0.05, 0.1) is 16.3 Å². The van der Waals surface area contributed by atoms with Gasteiger partial charge in [-0.2, -0.15) is 0 Å². The highest BCUT2D eigenvalue weighted by Gasteiger charge is 2.30. The van der Waals surface area contributed by atoms with Gasteiger partial charge in [0.1, 0.15) is 0 Å². The molecule has 98 valence electrons. The first-order valence-corrected chi connectivity index (χ1v) is 5.90. The minimum Gasteiger partial charge on any atom is -0.479 e. The number of carboxylic acids is 1. The van der Waals surface area contributed by atoms with E-state index in [-0.39, 0.29) is 5.78 Å². The molecule has 18 heavy (non-hydrogen) atoms. The number of carboxylic acid groups (broad SMARTS) is 1. The second-order valence-corrected chi connectivity index (χ2v) is 5.07. The van der Waals surface area contributed by atoms with Crippen molar-refractivity contribution in [1.82, 2.24) is 5.32 Å². The van der Waals surface area contributed by atoms with Crippen molar-refractivity contribution in [3.8, 4) is 0 Å². The molecule has 1 amide bonds. The van der Waals surface area contributed by atoms with Gasteiger partial charge in [0.15, 0.2) is 11.4 Å². The number of nitrogens with one attached hydrogen (secondary N) is 1. The highest BCUT2D eigenvalue weighted by Crippen LogP contribution is 2.17. The molecule has 0 radical (unpaired) electrons. The second-order valence-electron chi connectivity index (χ2n) is 3.98. The monoisotopic (exact) mass is 271 g/mol. The van der Waals surface area contributed by atoms with Crippen LogP contribution in [0.15, 0.2) is 12.1 Å². The number of carbonyl (C=O) groups excluding carboxylic acids is 2. The first-order valence-electron chi connectivity index (χ1n) is 5.09. The third-order valence-electron chi connectivity index (χ3n) is 2.23. The molecular weight excluding hydrogens is 258 g/mol. The maximum absolute atomic E-state index is 11.6. The van der Waals surface area contributed by atoms with Gasteiger partial charge in [0.2, 0.25) is 0 Å². The van der Waals surface area contributed by atoms with Gasteiger partial charge in [0, 0.05) is 0 Å². The van der Waals surface area contributed by atoms with Crippen LogP contribution in [-0.2, 0) is 4.79 Å². The Morgan fingerprint density at radius 2 is 1.89 bits per heavy atom. The van der Waals surface area contributed by atoms with E-state index >= 15 is 0 Å². The third kappa shape index (κ3) is 3.38. The molecule has 1 aromatic heterocycles. The molecule has 6 nitrogen and oxygen atoms in total. The Hall–Kier alpha value is -1.73. The fourth-order valence-corrected chi connectivity index (χ4v) is 1.88. The zero-order valence-corrected chi connectivity index (χ0v) is 10.7. The fourth-order valence-electron chi connectivity index (χ4n) is 1.06. The minimum atomic E-state index is -2.02. The van der Waals surface area contributed by atoms with E-state index in [4.69, 9.17) is 5.11 Å². The second kappa shape index (κ2) is 5.28. The number of hydrogen-bond acceptors (Lipinski definition) is 5. The van der Waals surface area contributed by atoms with Crippen LogP contribution in [0.25, 0.3) is 0 Å². The van der Waals surface area contributed by atoms with Gasteiger partial charge in [-0.25, -0.2) is 4.79 Å². The average molecular weight is 271 g/mol. The lowest BCUT2D eigenvalue weighted by Crippen LogP contribution is -2.46. The van der Waals surface area contributed by atoms with Gasteiger partial charge in [-0.15, -0.1) is 11.3 Å². The Bertz CT molecular complexity index is 491. The van der Waals surface area contributed by atoms with E-state index in [9.17, 15) is 19.5 Å². The predicted octanol–water partition coefficient (Wildman–Crippen LogP) is 0.516. The molecule has 1 aromatic rings. The number of Topliss-reactive ketones (excluding diaryl/α,β-unsaturated/α-hetero) is 1. The van der Waals surface area contributed by atoms with Crippen molar-refractivity contribution in [1.29, 1.82) is 0 Å². The predicted molar refractivity (Wildman–Crippen MR) is 64.9 cm³/mol. The molecule has 0 aliphatic carbocycles. The molecule has 0 aliphatic heterocycles. The first-order chi connectivity index (χ1) is 8.24. The van der Waals surface area contributed by atoms with Crippen molar-refractivity contribution in [2.24, 2.45) is 0 Å². The van der Waals surface area contributed by atoms with Crippen molar-refractivity contribution in [3.05, 3.63) is 21.9 Å². The maximum Gasteiger partial charge on any atom is 0.337 e. The van der Waals surface area contributed by atoms with Crippen molar-refractivity contribution in [2.75, 3.05) is 6.54 Å². The third-order valence-corrected chi connectivity index (χ3v) is 3.42. The molecule has 7 heteroatoms. The number of amides is 1. The zero-order valence-electron chi connectivity index (χ0n) is 9.89. The van der Waals surface area contributed by atoms with Crippen LogP contribution in [0.4, 0.5) is 0 Å². The molecule has 3 N–H and O–H groups in total. The molecule has 0 saturated carbocycles. The summed E-state index contributed by atoms with van der Waals surface area (Å²) in [5.41, 5.74) is -2.02. The summed E-state index contributed by atoms with van der Waals surface area (Å²) in [4.78, 5) is 34.0. The van der Waals surface area contributed by atoms with Crippen molar-refractivity contribution < 1.29 is 24.6 Å². The van der Waals surface area contributed by atoms with Crippen LogP contribution in [0, 0.1) is 0 Å². The lowest BCUT2D eigenvalue weighted by Gasteiger charge is -2.17. The van der Waals surface area contributed by atoms with Crippen LogP contribution in [0.2, 0.25) is 0 Å². The Balaban J connectivity index is 2.66. The zero-order chi connectivity index (χ0) is 13.9. The Morgan fingerprint density at radius 1 is 1.33 bits per heavy atom. The Kier molecular flexibility index (Phi) is 4.20. The van der Waals surface area contributed by atoms with E-state index < -0.39 is 24.0 Å². The molecule has 1 rings (SSSR count). The Morgan fingerprint density at radius 3 is 2.33 bits per heavy atom. The van der Waals surface area contributed by atoms with E-state index in [0.717, 1.165) is 18.3 Å². The normalized spacial score (nSPS) is 13.7. The van der Waals surface area contributed by atoms with E-state index in [1.807, 2.05) is 0 Å². The topological polar surface area (TPSA) is 104 Å². The standard InChI is InChI=1S/C11H13NO5S/c1-6(13)7-3-4-8(18-7)9(14)12-5-11(2,17)10(15)16/h3-4,17H,5H2,1-2H3,(H,12,14)(H,15,16). The van der Waals surface area contributed by atoms with Gasteiger partial charge in [-0.1, -0.05) is 0 Å². The highest BCUT2D eigenvalue weighted by molar-refractivity contribution is 7.15. The average Bonchev–Trinajstić information content (AvgIpc) is 2.75. The fraction of sp³-hybridized carbons (Fsp3) is 0.364. The maximum atomic E-state index is 11.6. The van der Waals surface area contributed by atoms with Crippen LogP contribution in [0.3, 0.4) is 0 Å². The smallest absolute Gasteiger partial charge is 0.337 e. The van der Waals surface area contributed by atoms with E-state index in [1.165, 1.54) is 19.1 Å². The minimum absolute atomic E-state index is 0.142. The van der Waals surface area contributed by atoms with E-state index in [1.54, 1.807) is 0 Å². The van der Waals surface area contributed by atoms with Crippen LogP contribution >= 0.6 is 11.3 Å². The van der Waals surface area contributed by atoms with E-state index in [0.29, 0.717) is 9.75 Å².